The van der Waals surface area contributed by atoms with Crippen LogP contribution in [0.5, 0.6) is 0 Å². The summed E-state index contributed by atoms with van der Waals surface area (Å²) in [7, 11) is -0.169. The highest BCUT2D eigenvalue weighted by molar-refractivity contribution is 7.89. The lowest BCUT2D eigenvalue weighted by atomic mass is 9.96. The van der Waals surface area contributed by atoms with E-state index in [0.29, 0.717) is 12.2 Å². The van der Waals surface area contributed by atoms with Gasteiger partial charge in [0, 0.05) is 19.6 Å². The number of nitrogens with one attached hydrogen (secondary N) is 1. The molecule has 1 saturated carbocycles. The number of para-hydroxylation sites is 1. The first-order chi connectivity index (χ1) is 14.4. The van der Waals surface area contributed by atoms with Crippen molar-refractivity contribution in [3.8, 4) is 0 Å². The number of carbonyl (C=O) groups is 1. The molecular weight excluding hydrogens is 398 g/mol. The standard InChI is InChI=1S/C23H31N3O3S/c1-25(17-19-11-5-3-6-12-19)18-23(27)24-21-15-9-10-16-22(21)30(28,29)26(2)20-13-7-4-8-14-20/h3,5-6,9-12,15-16,20H,4,7-8,13-14,17-18H2,1-2H3,(H,24,27). The Bertz CT molecular complexity index is 941. The first-order valence-electron chi connectivity index (χ1n) is 10.5. The predicted molar refractivity (Wildman–Crippen MR) is 120 cm³/mol. The molecule has 0 aliphatic heterocycles. The van der Waals surface area contributed by atoms with E-state index in [1.165, 1.54) is 4.31 Å². The molecule has 0 spiro atoms. The monoisotopic (exact) mass is 429 g/mol. The van der Waals surface area contributed by atoms with Crippen molar-refractivity contribution in [3.05, 3.63) is 60.2 Å². The van der Waals surface area contributed by atoms with Gasteiger partial charge in [-0.25, -0.2) is 8.42 Å². The molecule has 6 nitrogen and oxygen atoms in total. The minimum absolute atomic E-state index is 0.0181. The maximum atomic E-state index is 13.3. The summed E-state index contributed by atoms with van der Waals surface area (Å²) in [5, 5.41) is 2.80. The van der Waals surface area contributed by atoms with Gasteiger partial charge in [0.25, 0.3) is 0 Å². The predicted octanol–water partition coefficient (Wildman–Crippen LogP) is 3.71. The summed E-state index contributed by atoms with van der Waals surface area (Å²) >= 11 is 0. The van der Waals surface area contributed by atoms with Crippen LogP contribution in [0.1, 0.15) is 37.7 Å². The van der Waals surface area contributed by atoms with Crippen LogP contribution in [-0.2, 0) is 21.4 Å². The van der Waals surface area contributed by atoms with Crippen LogP contribution in [0.3, 0.4) is 0 Å². The van der Waals surface area contributed by atoms with Gasteiger partial charge in [-0.15, -0.1) is 0 Å². The Morgan fingerprint density at radius 2 is 1.60 bits per heavy atom. The fraction of sp³-hybridized carbons (Fsp3) is 0.435. The third-order valence-corrected chi connectivity index (χ3v) is 7.58. The Hall–Kier alpha value is -2.22. The van der Waals surface area contributed by atoms with Crippen LogP contribution in [0.25, 0.3) is 0 Å². The second-order valence-electron chi connectivity index (χ2n) is 8.02. The molecule has 1 aliphatic carbocycles. The average molecular weight is 430 g/mol. The number of nitrogens with zero attached hydrogens (tertiary/aromatic N) is 2. The minimum atomic E-state index is -3.69. The van der Waals surface area contributed by atoms with E-state index >= 15 is 0 Å². The Kier molecular flexibility index (Phi) is 7.64. The fourth-order valence-corrected chi connectivity index (χ4v) is 5.54. The molecule has 1 aliphatic rings. The van der Waals surface area contributed by atoms with E-state index in [4.69, 9.17) is 0 Å². The largest absolute Gasteiger partial charge is 0.324 e. The Morgan fingerprint density at radius 3 is 2.30 bits per heavy atom. The van der Waals surface area contributed by atoms with Gasteiger partial charge >= 0.3 is 0 Å². The zero-order chi connectivity index (χ0) is 21.6. The second kappa shape index (κ2) is 10.2. The third-order valence-electron chi connectivity index (χ3n) is 5.62. The summed E-state index contributed by atoms with van der Waals surface area (Å²) in [6.45, 7) is 0.806. The molecule has 0 atom stereocenters. The number of amides is 1. The molecule has 1 fully saturated rings. The summed E-state index contributed by atoms with van der Waals surface area (Å²) in [6, 6.07) is 16.6. The number of hydrogen-bond acceptors (Lipinski definition) is 4. The first-order valence-corrected chi connectivity index (χ1v) is 11.9. The molecular formula is C23H31N3O3S. The van der Waals surface area contributed by atoms with Crippen LogP contribution in [0.15, 0.2) is 59.5 Å². The molecule has 162 valence electrons. The topological polar surface area (TPSA) is 69.7 Å². The maximum absolute atomic E-state index is 13.3. The first kappa shape index (κ1) is 22.5. The molecule has 7 heteroatoms. The average Bonchev–Trinajstić information content (AvgIpc) is 2.74. The van der Waals surface area contributed by atoms with Crippen LogP contribution >= 0.6 is 0 Å². The van der Waals surface area contributed by atoms with Crippen molar-refractivity contribution in [2.75, 3.05) is 26.0 Å². The van der Waals surface area contributed by atoms with Crippen LogP contribution in [0.2, 0.25) is 0 Å². The van der Waals surface area contributed by atoms with Gasteiger partial charge in [-0.3, -0.25) is 9.69 Å². The highest BCUT2D eigenvalue weighted by Gasteiger charge is 2.31. The van der Waals surface area contributed by atoms with Crippen molar-refractivity contribution < 1.29 is 13.2 Å². The highest BCUT2D eigenvalue weighted by Crippen LogP contribution is 2.29. The number of anilines is 1. The summed E-state index contributed by atoms with van der Waals surface area (Å²) in [5.41, 5.74) is 1.45. The van der Waals surface area contributed by atoms with E-state index < -0.39 is 10.0 Å². The fourth-order valence-electron chi connectivity index (χ4n) is 3.98. The zero-order valence-electron chi connectivity index (χ0n) is 17.8. The molecule has 1 N–H and O–H groups in total. The summed E-state index contributed by atoms with van der Waals surface area (Å²) in [4.78, 5) is 14.7. The van der Waals surface area contributed by atoms with E-state index in [1.54, 1.807) is 31.3 Å². The Balaban J connectivity index is 1.69. The summed E-state index contributed by atoms with van der Waals surface area (Å²) < 4.78 is 28.0. The van der Waals surface area contributed by atoms with Crippen LogP contribution in [0.4, 0.5) is 5.69 Å². The maximum Gasteiger partial charge on any atom is 0.245 e. The SMILES string of the molecule is CN(CC(=O)Nc1ccccc1S(=O)(=O)N(C)C1CCCCC1)Cc1ccccc1. The normalized spacial score (nSPS) is 15.5. The number of benzene rings is 2. The smallest absolute Gasteiger partial charge is 0.245 e. The Morgan fingerprint density at radius 1 is 0.967 bits per heavy atom. The summed E-state index contributed by atoms with van der Waals surface area (Å²) in [5.74, 6) is -0.239. The lowest BCUT2D eigenvalue weighted by molar-refractivity contribution is -0.117. The number of rotatable bonds is 8. The van der Waals surface area contributed by atoms with Crippen molar-refractivity contribution in [1.29, 1.82) is 0 Å². The van der Waals surface area contributed by atoms with E-state index in [2.05, 4.69) is 5.32 Å². The third kappa shape index (κ3) is 5.68. The van der Waals surface area contributed by atoms with E-state index in [0.717, 1.165) is 37.7 Å². The van der Waals surface area contributed by atoms with Gasteiger partial charge in [-0.05, 0) is 37.6 Å². The van der Waals surface area contributed by atoms with Gasteiger partial charge < -0.3 is 5.32 Å². The van der Waals surface area contributed by atoms with Crippen molar-refractivity contribution in [1.82, 2.24) is 9.21 Å². The van der Waals surface area contributed by atoms with Gasteiger partial charge in [0.15, 0.2) is 0 Å². The molecule has 0 heterocycles. The van der Waals surface area contributed by atoms with E-state index in [9.17, 15) is 13.2 Å². The van der Waals surface area contributed by atoms with Crippen molar-refractivity contribution >= 4 is 21.6 Å². The highest BCUT2D eigenvalue weighted by atomic mass is 32.2. The van der Waals surface area contributed by atoms with Crippen LogP contribution in [0, 0.1) is 0 Å². The van der Waals surface area contributed by atoms with Crippen LogP contribution < -0.4 is 5.32 Å². The van der Waals surface area contributed by atoms with Gasteiger partial charge in [0.05, 0.1) is 12.2 Å². The van der Waals surface area contributed by atoms with Gasteiger partial charge in [0.1, 0.15) is 4.90 Å². The second-order valence-corrected chi connectivity index (χ2v) is 9.98. The van der Waals surface area contributed by atoms with E-state index in [1.807, 2.05) is 42.3 Å². The lowest BCUT2D eigenvalue weighted by Gasteiger charge is -2.31. The molecule has 2 aromatic carbocycles. The number of hydrogen-bond donors (Lipinski definition) is 1. The van der Waals surface area contributed by atoms with Gasteiger partial charge in [0.2, 0.25) is 15.9 Å². The molecule has 2 aromatic rings. The lowest BCUT2D eigenvalue weighted by Crippen LogP contribution is -2.38. The molecule has 0 unspecified atom stereocenters. The molecule has 30 heavy (non-hydrogen) atoms. The minimum Gasteiger partial charge on any atom is -0.324 e. The molecule has 0 aromatic heterocycles. The molecule has 3 rings (SSSR count). The molecule has 0 bridgehead atoms. The van der Waals surface area contributed by atoms with E-state index in [-0.39, 0.29) is 23.4 Å². The van der Waals surface area contributed by atoms with Crippen LogP contribution in [-0.4, -0.2) is 50.2 Å². The van der Waals surface area contributed by atoms with Crippen molar-refractivity contribution in [2.45, 2.75) is 49.6 Å². The van der Waals surface area contributed by atoms with Crippen molar-refractivity contribution in [2.24, 2.45) is 0 Å². The summed E-state index contributed by atoms with van der Waals surface area (Å²) in [6.07, 6.45) is 5.03. The molecule has 1 amide bonds. The van der Waals surface area contributed by atoms with Gasteiger partial charge in [-0.1, -0.05) is 61.7 Å². The molecule has 0 saturated heterocycles. The Labute approximate surface area is 179 Å². The van der Waals surface area contributed by atoms with Gasteiger partial charge in [-0.2, -0.15) is 4.31 Å². The number of likely N-dealkylation sites (N-methyl/N-ethyl adjacent to an activating group) is 1. The van der Waals surface area contributed by atoms with Crippen molar-refractivity contribution in [3.63, 3.8) is 0 Å². The number of sulfonamides is 1. The zero-order valence-corrected chi connectivity index (χ0v) is 18.6. The quantitative estimate of drug-likeness (QED) is 0.695. The molecule has 0 radical (unpaired) electrons. The number of carbonyl (C=O) groups excluding carboxylic acids is 1.